The average molecular weight is 577 g/mol. The van der Waals surface area contributed by atoms with Crippen LogP contribution in [0.2, 0.25) is 0 Å². The number of epoxide rings is 1. The Labute approximate surface area is 236 Å². The number of ether oxygens (including phenoxy) is 5. The molecule has 0 aromatic carbocycles. The lowest BCUT2D eigenvalue weighted by molar-refractivity contribution is -0.356. The van der Waals surface area contributed by atoms with Crippen molar-refractivity contribution in [2.45, 2.75) is 75.8 Å². The van der Waals surface area contributed by atoms with E-state index in [0.717, 1.165) is 20.3 Å². The van der Waals surface area contributed by atoms with Crippen LogP contribution < -0.4 is 0 Å². The smallest absolute Gasteiger partial charge is 0.338 e. The number of rotatable bonds is 5. The summed E-state index contributed by atoms with van der Waals surface area (Å²) in [4.78, 5) is 54.6. The van der Waals surface area contributed by atoms with Gasteiger partial charge in [-0.1, -0.05) is 13.0 Å². The van der Waals surface area contributed by atoms with Gasteiger partial charge in [-0.25, -0.2) is 9.59 Å². The third kappa shape index (κ3) is 2.97. The van der Waals surface area contributed by atoms with Crippen LogP contribution in [0.15, 0.2) is 35.2 Å². The number of esters is 2. The molecule has 1 saturated heterocycles. The van der Waals surface area contributed by atoms with Crippen LogP contribution in [-0.2, 0) is 38.1 Å². The van der Waals surface area contributed by atoms with Gasteiger partial charge in [0.05, 0.1) is 41.5 Å². The molecule has 2 spiro atoms. The molecule has 41 heavy (non-hydrogen) atoms. The third-order valence-electron chi connectivity index (χ3n) is 10.8. The number of Topliss-reactive ketones (excluding diaryl/α,β-unsaturated/α-hetero) is 2. The number of hydrogen-bond acceptors (Lipinski definition) is 12. The van der Waals surface area contributed by atoms with Crippen molar-refractivity contribution in [2.75, 3.05) is 21.3 Å². The van der Waals surface area contributed by atoms with Crippen LogP contribution >= 0.6 is 0 Å². The molecule has 1 aromatic rings. The second kappa shape index (κ2) is 8.57. The van der Waals surface area contributed by atoms with Gasteiger partial charge in [-0.05, 0) is 40.2 Å². The molecular weight excluding hydrogens is 540 g/mol. The summed E-state index contributed by atoms with van der Waals surface area (Å²) in [6.45, 7) is 7.33. The van der Waals surface area contributed by atoms with Crippen molar-refractivity contribution in [1.82, 2.24) is 0 Å². The van der Waals surface area contributed by atoms with Crippen molar-refractivity contribution >= 4 is 23.5 Å². The Morgan fingerprint density at radius 1 is 1.05 bits per heavy atom. The summed E-state index contributed by atoms with van der Waals surface area (Å²) in [6.07, 6.45) is 2.25. The van der Waals surface area contributed by atoms with E-state index in [0.29, 0.717) is 0 Å². The zero-order chi connectivity index (χ0) is 30.6. The average Bonchev–Trinajstić information content (AvgIpc) is 3.45. The van der Waals surface area contributed by atoms with Crippen molar-refractivity contribution in [3.63, 3.8) is 0 Å². The van der Waals surface area contributed by atoms with E-state index < -0.39 is 80.5 Å². The number of ketones is 2. The monoisotopic (exact) mass is 576 g/mol. The highest BCUT2D eigenvalue weighted by Gasteiger charge is 2.94. The van der Waals surface area contributed by atoms with E-state index >= 15 is 0 Å². The summed E-state index contributed by atoms with van der Waals surface area (Å²) in [6, 6.07) is 1.45. The summed E-state index contributed by atoms with van der Waals surface area (Å²) in [5, 5.41) is 25.2. The highest BCUT2D eigenvalue weighted by atomic mass is 16.7. The maximum atomic E-state index is 14.8. The maximum Gasteiger partial charge on any atom is 0.338 e. The molecule has 9 atom stereocenters. The van der Waals surface area contributed by atoms with Gasteiger partial charge in [0.25, 0.3) is 0 Å². The van der Waals surface area contributed by atoms with Crippen LogP contribution in [-0.4, -0.2) is 89.8 Å². The SMILES string of the molecule is COC(=O)C1OC12C(C)(C(=O)c1ccoc1)C(OC)CC1C(C)(O)C3(C=CC(=O)OC3(C)C)C(=O)C(O)(OC)C12C. The van der Waals surface area contributed by atoms with Crippen LogP contribution in [0.25, 0.3) is 0 Å². The predicted octanol–water partition coefficient (Wildman–Crippen LogP) is 1.37. The van der Waals surface area contributed by atoms with E-state index in [-0.39, 0.29) is 12.0 Å². The van der Waals surface area contributed by atoms with Crippen LogP contribution in [0.3, 0.4) is 0 Å². The molecule has 12 nitrogen and oxygen atoms in total. The van der Waals surface area contributed by atoms with E-state index in [1.54, 1.807) is 0 Å². The van der Waals surface area contributed by atoms with Gasteiger partial charge in [0.15, 0.2) is 11.9 Å². The Hall–Kier alpha value is -2.90. The standard InChI is InChI=1S/C29H36O12/c1-23(2)27(11-9-18(30)40-23)22(33)29(35,38-8)25(4)16(26(27,5)34)13-17(36-6)24(3,19(31)15-10-12-39-14-15)28(25)20(41-28)21(32)37-7/h9-12,14,16-17,20,34-35H,13H2,1-8H3. The highest BCUT2D eigenvalue weighted by Crippen LogP contribution is 2.78. The molecule has 2 saturated carbocycles. The van der Waals surface area contributed by atoms with Gasteiger partial charge >= 0.3 is 11.9 Å². The molecule has 3 heterocycles. The lowest BCUT2D eigenvalue weighted by Gasteiger charge is -2.70. The molecule has 2 aliphatic carbocycles. The fraction of sp³-hybridized carbons (Fsp3) is 0.655. The van der Waals surface area contributed by atoms with Gasteiger partial charge in [0, 0.05) is 26.2 Å². The Balaban J connectivity index is 1.87. The molecule has 3 fully saturated rings. The molecule has 2 N–H and O–H groups in total. The molecule has 0 radical (unpaired) electrons. The van der Waals surface area contributed by atoms with Gasteiger partial charge in [0.2, 0.25) is 11.6 Å². The Morgan fingerprint density at radius 2 is 1.71 bits per heavy atom. The number of fused-ring (bicyclic) bond motifs is 2. The first-order valence-corrected chi connectivity index (χ1v) is 13.3. The molecule has 0 amide bonds. The van der Waals surface area contributed by atoms with E-state index in [9.17, 15) is 29.4 Å². The molecule has 0 bridgehead atoms. The third-order valence-corrected chi connectivity index (χ3v) is 10.8. The second-order valence-electron chi connectivity index (χ2n) is 12.4. The van der Waals surface area contributed by atoms with Gasteiger partial charge in [-0.2, -0.15) is 0 Å². The van der Waals surface area contributed by atoms with Crippen molar-refractivity contribution in [2.24, 2.45) is 22.2 Å². The number of aliphatic hydroxyl groups is 2. The number of methoxy groups -OCH3 is 3. The Morgan fingerprint density at radius 3 is 2.22 bits per heavy atom. The lowest BCUT2D eigenvalue weighted by atomic mass is 9.35. The first-order chi connectivity index (χ1) is 19.0. The zero-order valence-electron chi connectivity index (χ0n) is 24.3. The summed E-state index contributed by atoms with van der Waals surface area (Å²) >= 11 is 0. The second-order valence-corrected chi connectivity index (χ2v) is 12.4. The molecule has 2 aliphatic heterocycles. The van der Waals surface area contributed by atoms with E-state index in [1.165, 1.54) is 66.4 Å². The largest absolute Gasteiger partial charge is 0.472 e. The summed E-state index contributed by atoms with van der Waals surface area (Å²) in [7, 11) is 3.64. The van der Waals surface area contributed by atoms with Crippen molar-refractivity contribution < 1.29 is 57.5 Å². The number of hydrogen-bond donors (Lipinski definition) is 2. The number of cyclic esters (lactones) is 1. The number of carbonyl (C=O) groups is 4. The summed E-state index contributed by atoms with van der Waals surface area (Å²) < 4.78 is 33.6. The first kappa shape index (κ1) is 29.6. The van der Waals surface area contributed by atoms with Gasteiger partial charge < -0.3 is 38.3 Å². The van der Waals surface area contributed by atoms with Gasteiger partial charge in [-0.3, -0.25) is 9.59 Å². The lowest BCUT2D eigenvalue weighted by Crippen LogP contribution is -2.86. The molecule has 224 valence electrons. The minimum atomic E-state index is -2.79. The van der Waals surface area contributed by atoms with Crippen LogP contribution in [0.1, 0.15) is 51.4 Å². The molecule has 12 heteroatoms. The number of carbonyl (C=O) groups excluding carboxylic acids is 4. The van der Waals surface area contributed by atoms with Crippen molar-refractivity contribution in [1.29, 1.82) is 0 Å². The molecule has 5 rings (SSSR count). The normalized spacial score (nSPS) is 46.2. The first-order valence-electron chi connectivity index (χ1n) is 13.3. The maximum absolute atomic E-state index is 14.8. The van der Waals surface area contributed by atoms with Crippen LogP contribution in [0.4, 0.5) is 0 Å². The summed E-state index contributed by atoms with van der Waals surface area (Å²) in [5.41, 5.74) is -11.3. The minimum Gasteiger partial charge on any atom is -0.472 e. The number of furan rings is 1. The molecule has 9 unspecified atom stereocenters. The Bertz CT molecular complexity index is 1350. The fourth-order valence-corrected chi connectivity index (χ4v) is 8.80. The van der Waals surface area contributed by atoms with Crippen LogP contribution in [0, 0.1) is 22.2 Å². The zero-order valence-corrected chi connectivity index (χ0v) is 24.3. The highest BCUT2D eigenvalue weighted by molar-refractivity contribution is 6.05. The van der Waals surface area contributed by atoms with Gasteiger partial charge in [0.1, 0.15) is 22.9 Å². The molecule has 4 aliphatic rings. The minimum absolute atomic E-state index is 0.0995. The fourth-order valence-electron chi connectivity index (χ4n) is 8.80. The van der Waals surface area contributed by atoms with E-state index in [4.69, 9.17) is 28.1 Å². The van der Waals surface area contributed by atoms with Crippen molar-refractivity contribution in [3.8, 4) is 0 Å². The van der Waals surface area contributed by atoms with E-state index in [1.807, 2.05) is 0 Å². The predicted molar refractivity (Wildman–Crippen MR) is 137 cm³/mol. The van der Waals surface area contributed by atoms with Gasteiger partial charge in [-0.15, -0.1) is 0 Å². The topological polar surface area (TPSA) is 171 Å². The quantitative estimate of drug-likeness (QED) is 0.224. The Kier molecular flexibility index (Phi) is 6.19. The molecular formula is C29H36O12. The van der Waals surface area contributed by atoms with E-state index in [2.05, 4.69) is 0 Å². The molecule has 1 aromatic heterocycles. The summed E-state index contributed by atoms with van der Waals surface area (Å²) in [5.74, 6) is -7.10. The van der Waals surface area contributed by atoms with Crippen molar-refractivity contribution in [3.05, 3.63) is 36.3 Å². The van der Waals surface area contributed by atoms with Crippen LogP contribution in [0.5, 0.6) is 0 Å².